The van der Waals surface area contributed by atoms with Crippen LogP contribution in [0.25, 0.3) is 0 Å². The number of hydrogen-bond donors (Lipinski definition) is 3. The van der Waals surface area contributed by atoms with Crippen LogP contribution in [0.5, 0.6) is 0 Å². The Kier molecular flexibility index (Phi) is 13.4. The van der Waals surface area contributed by atoms with Crippen LogP contribution in [-0.4, -0.2) is 54.2 Å². The van der Waals surface area contributed by atoms with Crippen molar-refractivity contribution < 1.29 is 33.8 Å². The Hall–Kier alpha value is -3.07. The molecular formula is C22H32N2O7. The second-order valence-electron chi connectivity index (χ2n) is 6.71. The van der Waals surface area contributed by atoms with E-state index in [4.69, 9.17) is 9.84 Å². The van der Waals surface area contributed by atoms with E-state index < -0.39 is 24.3 Å². The summed E-state index contributed by atoms with van der Waals surface area (Å²) in [6, 6.07) is 4.10. The summed E-state index contributed by atoms with van der Waals surface area (Å²) in [5.41, 5.74) is 0.489. The zero-order valence-corrected chi connectivity index (χ0v) is 18.7. The van der Waals surface area contributed by atoms with Crippen LogP contribution in [0.3, 0.4) is 0 Å². The average Bonchev–Trinajstić information content (AvgIpc) is 2.72. The lowest BCUT2D eigenvalue weighted by molar-refractivity contribution is -0.135. The van der Waals surface area contributed by atoms with Crippen molar-refractivity contribution in [3.05, 3.63) is 29.3 Å². The van der Waals surface area contributed by atoms with Gasteiger partial charge in [0.25, 0.3) is 5.91 Å². The first-order valence-electron chi connectivity index (χ1n) is 10.2. The molecule has 0 aliphatic rings. The molecular weight excluding hydrogens is 404 g/mol. The van der Waals surface area contributed by atoms with E-state index in [0.717, 1.165) is 0 Å². The molecule has 1 rings (SSSR count). The van der Waals surface area contributed by atoms with Crippen molar-refractivity contribution in [2.45, 2.75) is 47.5 Å². The molecule has 172 valence electrons. The number of carboxylic acids is 1. The molecule has 0 unspecified atom stereocenters. The molecule has 0 aliphatic carbocycles. The van der Waals surface area contributed by atoms with Crippen molar-refractivity contribution in [1.82, 2.24) is 5.32 Å². The van der Waals surface area contributed by atoms with Gasteiger partial charge in [-0.2, -0.15) is 0 Å². The molecule has 9 heteroatoms. The summed E-state index contributed by atoms with van der Waals surface area (Å²) in [5, 5.41) is 13.4. The fourth-order valence-electron chi connectivity index (χ4n) is 2.24. The second kappa shape index (κ2) is 14.8. The number of carbonyl (C=O) groups is 5. The van der Waals surface area contributed by atoms with E-state index in [-0.39, 0.29) is 60.4 Å². The van der Waals surface area contributed by atoms with Crippen molar-refractivity contribution in [2.24, 2.45) is 5.92 Å². The molecule has 2 amide bonds. The van der Waals surface area contributed by atoms with Gasteiger partial charge in [0.1, 0.15) is 12.3 Å². The van der Waals surface area contributed by atoms with Crippen molar-refractivity contribution in [3.8, 4) is 0 Å². The van der Waals surface area contributed by atoms with E-state index in [0.29, 0.717) is 0 Å². The maximum atomic E-state index is 12.1. The highest BCUT2D eigenvalue weighted by atomic mass is 16.5. The van der Waals surface area contributed by atoms with Gasteiger partial charge in [0, 0.05) is 29.2 Å². The average molecular weight is 437 g/mol. The van der Waals surface area contributed by atoms with E-state index in [1.807, 2.05) is 13.8 Å². The Morgan fingerprint density at radius 2 is 1.55 bits per heavy atom. The maximum absolute atomic E-state index is 12.1. The van der Waals surface area contributed by atoms with Crippen LogP contribution in [0.15, 0.2) is 18.2 Å². The molecule has 0 saturated heterocycles. The lowest BCUT2D eigenvalue weighted by atomic mass is 10.1. The van der Waals surface area contributed by atoms with Crippen LogP contribution < -0.4 is 10.6 Å². The second-order valence-corrected chi connectivity index (χ2v) is 6.71. The van der Waals surface area contributed by atoms with Crippen molar-refractivity contribution in [3.63, 3.8) is 0 Å². The Balaban J connectivity index is 0.00000436. The highest BCUT2D eigenvalue weighted by molar-refractivity contribution is 6.03. The quantitative estimate of drug-likeness (QED) is 0.338. The SMILES string of the molecule is CC.CC(=O)c1cc(NC(=O)CCOCCC(=O)C(C)C)cc(C(=O)NCC(=O)O)c1. The van der Waals surface area contributed by atoms with E-state index in [1.165, 1.54) is 25.1 Å². The third-order valence-corrected chi connectivity index (χ3v) is 3.90. The molecule has 0 saturated carbocycles. The molecule has 9 nitrogen and oxygen atoms in total. The summed E-state index contributed by atoms with van der Waals surface area (Å²) < 4.78 is 5.29. The number of carbonyl (C=O) groups excluding carboxylic acids is 4. The van der Waals surface area contributed by atoms with E-state index in [2.05, 4.69) is 10.6 Å². The number of hydrogen-bond acceptors (Lipinski definition) is 6. The summed E-state index contributed by atoms with van der Waals surface area (Å²) in [6.07, 6.45) is 0.315. The minimum absolute atomic E-state index is 0.0285. The summed E-state index contributed by atoms with van der Waals surface area (Å²) in [6.45, 7) is 8.71. The number of carboxylic acid groups (broad SMARTS) is 1. The predicted molar refractivity (Wildman–Crippen MR) is 116 cm³/mol. The summed E-state index contributed by atoms with van der Waals surface area (Å²) >= 11 is 0. The number of aliphatic carboxylic acids is 1. The molecule has 0 bridgehead atoms. The van der Waals surface area contributed by atoms with Crippen LogP contribution in [0.2, 0.25) is 0 Å². The zero-order valence-electron chi connectivity index (χ0n) is 18.7. The highest BCUT2D eigenvalue weighted by Gasteiger charge is 2.13. The van der Waals surface area contributed by atoms with E-state index in [1.54, 1.807) is 13.8 Å². The van der Waals surface area contributed by atoms with Gasteiger partial charge in [0.05, 0.1) is 19.6 Å². The van der Waals surface area contributed by atoms with Gasteiger partial charge in [-0.25, -0.2) is 0 Å². The normalized spacial score (nSPS) is 10.0. The molecule has 0 radical (unpaired) electrons. The first-order chi connectivity index (χ1) is 14.6. The topological polar surface area (TPSA) is 139 Å². The number of rotatable bonds is 12. The fraction of sp³-hybridized carbons (Fsp3) is 0.500. The molecule has 1 aromatic carbocycles. The van der Waals surface area contributed by atoms with Crippen LogP contribution in [0.1, 0.15) is 68.2 Å². The number of ether oxygens (including phenoxy) is 1. The third kappa shape index (κ3) is 11.6. The smallest absolute Gasteiger partial charge is 0.322 e. The van der Waals surface area contributed by atoms with Crippen LogP contribution in [0.4, 0.5) is 5.69 Å². The molecule has 0 aromatic heterocycles. The first kappa shape index (κ1) is 27.9. The number of Topliss-reactive ketones (excluding diaryl/α,β-unsaturated/α-hetero) is 2. The predicted octanol–water partition coefficient (Wildman–Crippen LogP) is 2.69. The standard InChI is InChI=1S/C20H26N2O7.C2H6/c1-12(2)17(24)4-6-29-7-5-18(25)22-16-9-14(13(3)23)8-15(10-16)20(28)21-11-19(26)27;1-2/h8-10,12H,4-7,11H2,1-3H3,(H,21,28)(H,22,25)(H,26,27);1-2H3. The van der Waals surface area contributed by atoms with Gasteiger partial charge in [0.2, 0.25) is 5.91 Å². The van der Waals surface area contributed by atoms with Crippen molar-refractivity contribution >= 4 is 35.0 Å². The zero-order chi connectivity index (χ0) is 24.0. The van der Waals surface area contributed by atoms with Crippen molar-refractivity contribution in [2.75, 3.05) is 25.1 Å². The molecule has 0 spiro atoms. The summed E-state index contributed by atoms with van der Waals surface area (Å²) in [7, 11) is 0. The molecule has 1 aromatic rings. The largest absolute Gasteiger partial charge is 0.480 e. The Morgan fingerprint density at radius 3 is 2.10 bits per heavy atom. The van der Waals surface area contributed by atoms with Crippen molar-refractivity contribution in [1.29, 1.82) is 0 Å². The van der Waals surface area contributed by atoms with Gasteiger partial charge in [-0.3, -0.25) is 24.0 Å². The molecule has 0 atom stereocenters. The van der Waals surface area contributed by atoms with Crippen LogP contribution in [0, 0.1) is 5.92 Å². The minimum Gasteiger partial charge on any atom is -0.480 e. The van der Waals surface area contributed by atoms with Crippen LogP contribution >= 0.6 is 0 Å². The van der Waals surface area contributed by atoms with Crippen LogP contribution in [-0.2, 0) is 19.1 Å². The Labute approximate surface area is 182 Å². The lowest BCUT2D eigenvalue weighted by Crippen LogP contribution is -2.29. The van der Waals surface area contributed by atoms with Gasteiger partial charge in [-0.05, 0) is 25.1 Å². The Bertz CT molecular complexity index is 788. The fourth-order valence-corrected chi connectivity index (χ4v) is 2.24. The van der Waals surface area contributed by atoms with Gasteiger partial charge < -0.3 is 20.5 Å². The minimum atomic E-state index is -1.20. The van der Waals surface area contributed by atoms with Gasteiger partial charge in [0.15, 0.2) is 5.78 Å². The number of amides is 2. The van der Waals surface area contributed by atoms with E-state index in [9.17, 15) is 24.0 Å². The van der Waals surface area contributed by atoms with Gasteiger partial charge in [-0.1, -0.05) is 27.7 Å². The Morgan fingerprint density at radius 1 is 0.968 bits per heavy atom. The highest BCUT2D eigenvalue weighted by Crippen LogP contribution is 2.16. The number of benzene rings is 1. The number of anilines is 1. The molecule has 31 heavy (non-hydrogen) atoms. The van der Waals surface area contributed by atoms with Gasteiger partial charge >= 0.3 is 5.97 Å². The molecule has 0 heterocycles. The molecule has 0 fully saturated rings. The third-order valence-electron chi connectivity index (χ3n) is 3.90. The van der Waals surface area contributed by atoms with Gasteiger partial charge in [-0.15, -0.1) is 0 Å². The summed E-state index contributed by atoms with van der Waals surface area (Å²) in [5.74, 6) is -2.56. The molecule has 0 aliphatic heterocycles. The maximum Gasteiger partial charge on any atom is 0.322 e. The van der Waals surface area contributed by atoms with E-state index >= 15 is 0 Å². The summed E-state index contributed by atoms with van der Waals surface area (Å²) in [4.78, 5) is 57.9. The number of ketones is 2. The lowest BCUT2D eigenvalue weighted by Gasteiger charge is -2.10. The first-order valence-corrected chi connectivity index (χ1v) is 10.2. The molecule has 3 N–H and O–H groups in total. The number of nitrogens with one attached hydrogen (secondary N) is 2. The monoisotopic (exact) mass is 436 g/mol.